The van der Waals surface area contributed by atoms with Crippen molar-refractivity contribution >= 4 is 29.3 Å². The number of carbonyl (C=O) groups is 2. The second-order valence-electron chi connectivity index (χ2n) is 8.26. The Morgan fingerprint density at radius 2 is 1.97 bits per heavy atom. The van der Waals surface area contributed by atoms with Crippen LogP contribution in [0.2, 0.25) is 0 Å². The molecule has 5 rings (SSSR count). The summed E-state index contributed by atoms with van der Waals surface area (Å²) >= 11 is 0. The topological polar surface area (TPSA) is 122 Å². The summed E-state index contributed by atoms with van der Waals surface area (Å²) in [6.07, 6.45) is 3.95. The second kappa shape index (κ2) is 10.2. The van der Waals surface area contributed by atoms with Gasteiger partial charge in [-0.25, -0.2) is 13.8 Å². The van der Waals surface area contributed by atoms with Crippen molar-refractivity contribution in [2.45, 2.75) is 12.0 Å². The van der Waals surface area contributed by atoms with Gasteiger partial charge in [-0.05, 0) is 29.8 Å². The number of aliphatic imine (C=N–C) groups is 1. The molecule has 3 aromatic rings. The Labute approximate surface area is 209 Å². The van der Waals surface area contributed by atoms with Gasteiger partial charge in [-0.2, -0.15) is 0 Å². The highest BCUT2D eigenvalue weighted by Gasteiger charge is 2.29. The third-order valence-corrected chi connectivity index (χ3v) is 5.74. The van der Waals surface area contributed by atoms with E-state index in [4.69, 9.17) is 9.47 Å². The number of anilines is 2. The molecule has 0 saturated carbocycles. The summed E-state index contributed by atoms with van der Waals surface area (Å²) in [5.41, 5.74) is 0.744. The number of carbonyl (C=O) groups excluding carboxylic acids is 2. The molecule has 188 valence electrons. The van der Waals surface area contributed by atoms with Crippen LogP contribution in [0.25, 0.3) is 0 Å². The number of benzene rings is 2. The third-order valence-electron chi connectivity index (χ3n) is 5.74. The van der Waals surface area contributed by atoms with Gasteiger partial charge in [-0.15, -0.1) is 0 Å². The molecular formula is C26H20F2N4O5. The van der Waals surface area contributed by atoms with Gasteiger partial charge in [0.05, 0.1) is 18.6 Å². The van der Waals surface area contributed by atoms with Crippen LogP contribution in [0.3, 0.4) is 0 Å². The van der Waals surface area contributed by atoms with Gasteiger partial charge in [-0.3, -0.25) is 14.6 Å². The Morgan fingerprint density at radius 3 is 2.73 bits per heavy atom. The van der Waals surface area contributed by atoms with Crippen LogP contribution in [0.1, 0.15) is 11.5 Å². The summed E-state index contributed by atoms with van der Waals surface area (Å²) in [6, 6.07) is 10.3. The highest BCUT2D eigenvalue weighted by Crippen LogP contribution is 2.39. The number of fused-ring (bicyclic) bond motifs is 1. The average molecular weight is 506 g/mol. The number of amides is 1. The van der Waals surface area contributed by atoms with Gasteiger partial charge in [0.1, 0.15) is 23.7 Å². The molecule has 0 spiro atoms. The van der Waals surface area contributed by atoms with Gasteiger partial charge in [0.25, 0.3) is 5.91 Å². The Bertz CT molecular complexity index is 1420. The SMILES string of the molecule is O=C(Nc1ccc(Oc2ccnc3c2NC(CO)CO3)c(F)c1)C1=CN=CC(c2ccc(F)cc2)C1=O. The van der Waals surface area contributed by atoms with E-state index < -0.39 is 29.2 Å². The molecule has 0 bridgehead atoms. The van der Waals surface area contributed by atoms with Crippen molar-refractivity contribution in [2.24, 2.45) is 4.99 Å². The first-order valence-corrected chi connectivity index (χ1v) is 11.2. The molecule has 0 saturated heterocycles. The highest BCUT2D eigenvalue weighted by molar-refractivity contribution is 6.29. The Morgan fingerprint density at radius 1 is 1.16 bits per heavy atom. The molecule has 37 heavy (non-hydrogen) atoms. The first kappa shape index (κ1) is 24.1. The Balaban J connectivity index is 1.29. The number of aliphatic hydroxyl groups is 1. The van der Waals surface area contributed by atoms with Crippen LogP contribution in [0.4, 0.5) is 20.2 Å². The maximum atomic E-state index is 14.9. The fourth-order valence-corrected chi connectivity index (χ4v) is 3.84. The van der Waals surface area contributed by atoms with Gasteiger partial charge in [-0.1, -0.05) is 12.1 Å². The van der Waals surface area contributed by atoms with Crippen LogP contribution in [-0.4, -0.2) is 47.3 Å². The van der Waals surface area contributed by atoms with Crippen molar-refractivity contribution < 1.29 is 33.0 Å². The molecule has 1 aromatic heterocycles. The van der Waals surface area contributed by atoms with E-state index in [1.165, 1.54) is 54.9 Å². The van der Waals surface area contributed by atoms with E-state index >= 15 is 0 Å². The van der Waals surface area contributed by atoms with Gasteiger partial charge >= 0.3 is 0 Å². The molecule has 0 fully saturated rings. The van der Waals surface area contributed by atoms with Crippen LogP contribution < -0.4 is 20.1 Å². The number of ketones is 1. The lowest BCUT2D eigenvalue weighted by Crippen LogP contribution is -2.34. The number of pyridine rings is 1. The van der Waals surface area contributed by atoms with Crippen molar-refractivity contribution in [2.75, 3.05) is 23.8 Å². The number of hydrogen-bond donors (Lipinski definition) is 3. The van der Waals surface area contributed by atoms with Gasteiger partial charge in [0, 0.05) is 36.4 Å². The van der Waals surface area contributed by atoms with Crippen LogP contribution in [0, 0.1) is 11.6 Å². The molecular weight excluding hydrogens is 486 g/mol. The molecule has 3 N–H and O–H groups in total. The summed E-state index contributed by atoms with van der Waals surface area (Å²) in [4.78, 5) is 33.7. The third kappa shape index (κ3) is 5.02. The van der Waals surface area contributed by atoms with Crippen LogP contribution in [-0.2, 0) is 9.59 Å². The van der Waals surface area contributed by atoms with Crippen molar-refractivity contribution in [3.63, 3.8) is 0 Å². The zero-order valence-electron chi connectivity index (χ0n) is 19.2. The summed E-state index contributed by atoms with van der Waals surface area (Å²) in [5.74, 6) is -2.97. The van der Waals surface area contributed by atoms with Crippen LogP contribution in [0.15, 0.2) is 71.5 Å². The zero-order chi connectivity index (χ0) is 25.9. The predicted molar refractivity (Wildman–Crippen MR) is 130 cm³/mol. The number of ether oxygens (including phenoxy) is 2. The second-order valence-corrected chi connectivity index (χ2v) is 8.26. The number of nitrogens with zero attached hydrogens (tertiary/aromatic N) is 2. The first-order valence-electron chi connectivity index (χ1n) is 11.2. The minimum absolute atomic E-state index is 0.0926. The minimum Gasteiger partial charge on any atom is -0.474 e. The zero-order valence-corrected chi connectivity index (χ0v) is 19.2. The molecule has 2 aliphatic rings. The smallest absolute Gasteiger partial charge is 0.260 e. The van der Waals surface area contributed by atoms with E-state index in [2.05, 4.69) is 20.6 Å². The number of hydrogen-bond acceptors (Lipinski definition) is 8. The van der Waals surface area contributed by atoms with E-state index in [0.717, 1.165) is 12.3 Å². The standard InChI is InChI=1S/C26H20F2N4O5/c27-15-3-1-14(2-4-15)18-10-29-11-19(24(18)34)25(35)32-16-5-6-21(20(28)9-16)37-22-7-8-30-26-23(22)31-17(12-33)13-36-26/h1-11,17-18,31,33H,12-13H2,(H,32,35). The maximum absolute atomic E-state index is 14.9. The molecule has 9 nitrogen and oxygen atoms in total. The van der Waals surface area contributed by atoms with E-state index in [9.17, 15) is 23.5 Å². The number of halogens is 2. The molecule has 3 heterocycles. The summed E-state index contributed by atoms with van der Waals surface area (Å²) in [7, 11) is 0. The van der Waals surface area contributed by atoms with E-state index in [-0.39, 0.29) is 47.9 Å². The van der Waals surface area contributed by atoms with E-state index in [1.54, 1.807) is 0 Å². The molecule has 2 atom stereocenters. The average Bonchev–Trinajstić information content (AvgIpc) is 2.91. The van der Waals surface area contributed by atoms with Crippen molar-refractivity contribution in [1.29, 1.82) is 0 Å². The molecule has 0 aliphatic carbocycles. The summed E-state index contributed by atoms with van der Waals surface area (Å²) in [5, 5.41) is 14.9. The monoisotopic (exact) mass is 506 g/mol. The van der Waals surface area contributed by atoms with Crippen molar-refractivity contribution in [3.8, 4) is 17.4 Å². The predicted octanol–water partition coefficient (Wildman–Crippen LogP) is 3.58. The number of aliphatic hydroxyl groups excluding tert-OH is 1. The highest BCUT2D eigenvalue weighted by atomic mass is 19.1. The summed E-state index contributed by atoms with van der Waals surface area (Å²) in [6.45, 7) is 0.0447. The van der Waals surface area contributed by atoms with Crippen molar-refractivity contribution in [1.82, 2.24) is 4.98 Å². The van der Waals surface area contributed by atoms with E-state index in [0.29, 0.717) is 11.3 Å². The van der Waals surface area contributed by atoms with Crippen LogP contribution >= 0.6 is 0 Å². The lowest BCUT2D eigenvalue weighted by Gasteiger charge is -2.26. The molecule has 2 aromatic carbocycles. The molecule has 0 radical (unpaired) electrons. The first-order chi connectivity index (χ1) is 17.9. The van der Waals surface area contributed by atoms with Gasteiger partial charge < -0.3 is 25.2 Å². The number of nitrogens with one attached hydrogen (secondary N) is 2. The van der Waals surface area contributed by atoms with Gasteiger partial charge in [0.2, 0.25) is 5.88 Å². The molecule has 1 amide bonds. The van der Waals surface area contributed by atoms with Crippen LogP contribution in [0.5, 0.6) is 17.4 Å². The fraction of sp³-hybridized carbons (Fsp3) is 0.154. The Kier molecular flexibility index (Phi) is 6.60. The quantitative estimate of drug-likeness (QED) is 0.437. The molecule has 2 aliphatic heterocycles. The molecule has 2 unspecified atom stereocenters. The number of rotatable bonds is 6. The minimum atomic E-state index is -0.840. The normalized spacial score (nSPS) is 18.2. The fourth-order valence-electron chi connectivity index (χ4n) is 3.84. The van der Waals surface area contributed by atoms with Crippen molar-refractivity contribution in [3.05, 3.63) is 83.7 Å². The van der Waals surface area contributed by atoms with Gasteiger partial charge in [0.15, 0.2) is 23.1 Å². The Hall–Kier alpha value is -4.64. The molecule has 11 heteroatoms. The number of aromatic nitrogens is 1. The number of Topliss-reactive ketones (excluding diaryl/α,β-unsaturated/α-hetero) is 1. The lowest BCUT2D eigenvalue weighted by atomic mass is 9.90. The summed E-state index contributed by atoms with van der Waals surface area (Å²) < 4.78 is 39.3. The van der Waals surface area contributed by atoms with E-state index in [1.807, 2.05) is 0 Å². The lowest BCUT2D eigenvalue weighted by molar-refractivity contribution is -0.120. The largest absolute Gasteiger partial charge is 0.474 e. The maximum Gasteiger partial charge on any atom is 0.260 e.